The van der Waals surface area contributed by atoms with Gasteiger partial charge in [0.1, 0.15) is 5.82 Å². The Kier molecular flexibility index (Phi) is 2.95. The summed E-state index contributed by atoms with van der Waals surface area (Å²) >= 11 is 1.37. The summed E-state index contributed by atoms with van der Waals surface area (Å²) in [7, 11) is 0. The van der Waals surface area contributed by atoms with Crippen LogP contribution >= 0.6 is 11.8 Å². The zero-order valence-electron chi connectivity index (χ0n) is 9.98. The van der Waals surface area contributed by atoms with E-state index in [2.05, 4.69) is 20.4 Å². The standard InChI is InChI=1S/C10H10N6O2S/c1-6-12-15-10(16(6)11)19-5-8-13-14-9(18-8)7-3-2-4-17-7/h2-4H,5,11H2,1H3. The molecule has 19 heavy (non-hydrogen) atoms. The molecule has 0 aliphatic rings. The van der Waals surface area contributed by atoms with Gasteiger partial charge in [-0.3, -0.25) is 0 Å². The van der Waals surface area contributed by atoms with E-state index in [9.17, 15) is 0 Å². The Bertz CT molecular complexity index is 674. The summed E-state index contributed by atoms with van der Waals surface area (Å²) in [4.78, 5) is 0. The van der Waals surface area contributed by atoms with Crippen LogP contribution in [-0.2, 0) is 5.75 Å². The van der Waals surface area contributed by atoms with Crippen LogP contribution in [0.25, 0.3) is 11.7 Å². The quantitative estimate of drug-likeness (QED) is 0.560. The Morgan fingerprint density at radius 2 is 2.21 bits per heavy atom. The highest BCUT2D eigenvalue weighted by atomic mass is 32.2. The molecule has 0 aromatic carbocycles. The van der Waals surface area contributed by atoms with Crippen LogP contribution in [0.5, 0.6) is 0 Å². The number of nitrogen functional groups attached to an aromatic ring is 1. The van der Waals surface area contributed by atoms with Gasteiger partial charge in [-0.1, -0.05) is 11.8 Å². The number of hydrogen-bond donors (Lipinski definition) is 1. The largest absolute Gasteiger partial charge is 0.459 e. The number of nitrogens with zero attached hydrogens (tertiary/aromatic N) is 5. The number of nitrogens with two attached hydrogens (primary N) is 1. The van der Waals surface area contributed by atoms with Gasteiger partial charge in [0, 0.05) is 0 Å². The minimum atomic E-state index is 0.353. The Morgan fingerprint density at radius 1 is 1.32 bits per heavy atom. The lowest BCUT2D eigenvalue weighted by atomic mass is 10.5. The highest BCUT2D eigenvalue weighted by molar-refractivity contribution is 7.98. The average molecular weight is 278 g/mol. The van der Waals surface area contributed by atoms with Crippen LogP contribution in [0, 0.1) is 6.92 Å². The third-order valence-electron chi connectivity index (χ3n) is 2.36. The fourth-order valence-corrected chi connectivity index (χ4v) is 2.13. The van der Waals surface area contributed by atoms with E-state index in [4.69, 9.17) is 14.7 Å². The summed E-state index contributed by atoms with van der Waals surface area (Å²) in [6, 6.07) is 3.51. The summed E-state index contributed by atoms with van der Waals surface area (Å²) in [5.74, 6) is 8.21. The molecule has 0 unspecified atom stereocenters. The molecule has 0 saturated carbocycles. The van der Waals surface area contributed by atoms with Gasteiger partial charge in [-0.15, -0.1) is 20.4 Å². The maximum absolute atomic E-state index is 5.74. The topological polar surface area (TPSA) is 109 Å². The minimum Gasteiger partial charge on any atom is -0.459 e. The molecule has 0 amide bonds. The zero-order valence-corrected chi connectivity index (χ0v) is 10.8. The fourth-order valence-electron chi connectivity index (χ4n) is 1.39. The van der Waals surface area contributed by atoms with E-state index in [0.29, 0.717) is 34.3 Å². The van der Waals surface area contributed by atoms with Gasteiger partial charge < -0.3 is 14.7 Å². The molecule has 3 rings (SSSR count). The molecule has 0 fully saturated rings. The zero-order chi connectivity index (χ0) is 13.2. The molecule has 98 valence electrons. The van der Waals surface area contributed by atoms with E-state index < -0.39 is 0 Å². The van der Waals surface area contributed by atoms with Gasteiger partial charge in [0.15, 0.2) is 5.76 Å². The molecule has 2 N–H and O–H groups in total. The molecule has 0 radical (unpaired) electrons. The van der Waals surface area contributed by atoms with Gasteiger partial charge >= 0.3 is 0 Å². The lowest BCUT2D eigenvalue weighted by Crippen LogP contribution is -2.11. The summed E-state index contributed by atoms with van der Waals surface area (Å²) in [5.41, 5.74) is 0. The van der Waals surface area contributed by atoms with E-state index in [1.165, 1.54) is 16.4 Å². The van der Waals surface area contributed by atoms with Crippen molar-refractivity contribution in [1.82, 2.24) is 25.1 Å². The Hall–Kier alpha value is -2.29. The second-order valence-corrected chi connectivity index (χ2v) is 4.61. The van der Waals surface area contributed by atoms with E-state index in [1.54, 1.807) is 25.3 Å². The van der Waals surface area contributed by atoms with Crippen molar-refractivity contribution >= 4 is 11.8 Å². The van der Waals surface area contributed by atoms with Crippen molar-refractivity contribution in [1.29, 1.82) is 0 Å². The summed E-state index contributed by atoms with van der Waals surface area (Å²) in [6.07, 6.45) is 1.55. The first-order valence-corrected chi connectivity index (χ1v) is 6.39. The highest BCUT2D eigenvalue weighted by Gasteiger charge is 2.13. The van der Waals surface area contributed by atoms with E-state index in [1.807, 2.05) is 0 Å². The molecule has 3 aromatic heterocycles. The first-order chi connectivity index (χ1) is 9.24. The summed E-state index contributed by atoms with van der Waals surface area (Å²) < 4.78 is 12.0. The van der Waals surface area contributed by atoms with Crippen LogP contribution < -0.4 is 5.84 Å². The molecule has 0 aliphatic heterocycles. The Morgan fingerprint density at radius 3 is 2.89 bits per heavy atom. The lowest BCUT2D eigenvalue weighted by Gasteiger charge is -1.98. The monoisotopic (exact) mass is 278 g/mol. The van der Waals surface area contributed by atoms with E-state index in [-0.39, 0.29) is 0 Å². The first kappa shape index (κ1) is 11.8. The molecule has 8 nitrogen and oxygen atoms in total. The van der Waals surface area contributed by atoms with Gasteiger partial charge in [-0.05, 0) is 19.1 Å². The van der Waals surface area contributed by atoms with Gasteiger partial charge in [0.05, 0.1) is 12.0 Å². The molecule has 0 spiro atoms. The molecular weight excluding hydrogens is 268 g/mol. The minimum absolute atomic E-state index is 0.353. The van der Waals surface area contributed by atoms with Crippen LogP contribution in [0.1, 0.15) is 11.7 Å². The molecule has 0 bridgehead atoms. The number of aryl methyl sites for hydroxylation is 1. The normalized spacial score (nSPS) is 11.0. The maximum atomic E-state index is 5.74. The van der Waals surface area contributed by atoms with Crippen LogP contribution in [0.4, 0.5) is 0 Å². The number of furan rings is 1. The van der Waals surface area contributed by atoms with Crippen molar-refractivity contribution < 1.29 is 8.83 Å². The third kappa shape index (κ3) is 2.32. The van der Waals surface area contributed by atoms with Crippen LogP contribution in [0.3, 0.4) is 0 Å². The van der Waals surface area contributed by atoms with Crippen molar-refractivity contribution in [2.75, 3.05) is 5.84 Å². The molecule has 3 aromatic rings. The molecule has 3 heterocycles. The van der Waals surface area contributed by atoms with Gasteiger partial charge in [-0.25, -0.2) is 4.68 Å². The fraction of sp³-hybridized carbons (Fsp3) is 0.200. The third-order valence-corrected chi connectivity index (χ3v) is 3.29. The maximum Gasteiger partial charge on any atom is 0.283 e. The Labute approximate surface area is 112 Å². The molecule has 0 atom stereocenters. The molecule has 0 saturated heterocycles. The van der Waals surface area contributed by atoms with Crippen molar-refractivity contribution in [2.24, 2.45) is 0 Å². The number of aromatic nitrogens is 5. The van der Waals surface area contributed by atoms with Crippen molar-refractivity contribution in [2.45, 2.75) is 17.8 Å². The van der Waals surface area contributed by atoms with Crippen LogP contribution in [-0.4, -0.2) is 25.1 Å². The molecule has 0 aliphatic carbocycles. The van der Waals surface area contributed by atoms with Crippen LogP contribution in [0.15, 0.2) is 32.4 Å². The first-order valence-electron chi connectivity index (χ1n) is 5.40. The predicted molar refractivity (Wildman–Crippen MR) is 66.5 cm³/mol. The number of hydrogen-bond acceptors (Lipinski definition) is 8. The average Bonchev–Trinajstić information content (AvgIpc) is 3.11. The van der Waals surface area contributed by atoms with Gasteiger partial charge in [-0.2, -0.15) is 0 Å². The highest BCUT2D eigenvalue weighted by Crippen LogP contribution is 2.23. The van der Waals surface area contributed by atoms with Crippen LogP contribution in [0.2, 0.25) is 0 Å². The van der Waals surface area contributed by atoms with Crippen molar-refractivity contribution in [3.8, 4) is 11.7 Å². The SMILES string of the molecule is Cc1nnc(SCc2nnc(-c3ccco3)o2)n1N. The van der Waals surface area contributed by atoms with Crippen molar-refractivity contribution in [3.05, 3.63) is 30.1 Å². The number of thioether (sulfide) groups is 1. The van der Waals surface area contributed by atoms with Crippen molar-refractivity contribution in [3.63, 3.8) is 0 Å². The van der Waals surface area contributed by atoms with E-state index in [0.717, 1.165) is 0 Å². The summed E-state index contributed by atoms with van der Waals surface area (Å²) in [5, 5.41) is 16.2. The Balaban J connectivity index is 1.69. The summed E-state index contributed by atoms with van der Waals surface area (Å²) in [6.45, 7) is 1.78. The molecule has 9 heteroatoms. The smallest absolute Gasteiger partial charge is 0.283 e. The second-order valence-electron chi connectivity index (χ2n) is 3.67. The van der Waals surface area contributed by atoms with Gasteiger partial charge in [0.25, 0.3) is 5.89 Å². The second kappa shape index (κ2) is 4.76. The lowest BCUT2D eigenvalue weighted by molar-refractivity contribution is 0.494. The van der Waals surface area contributed by atoms with Gasteiger partial charge in [0.2, 0.25) is 11.0 Å². The number of rotatable bonds is 4. The molecular formula is C10H10N6O2S. The predicted octanol–water partition coefficient (Wildman–Crippen LogP) is 1.24. The van der Waals surface area contributed by atoms with E-state index >= 15 is 0 Å².